The molecule has 2 heterocycles. The van der Waals surface area contributed by atoms with Crippen LogP contribution in [0.3, 0.4) is 0 Å². The Bertz CT molecular complexity index is 397. The minimum atomic E-state index is -0.631. The van der Waals surface area contributed by atoms with E-state index in [1.807, 2.05) is 0 Å². The molecule has 2 aliphatic heterocycles. The van der Waals surface area contributed by atoms with Gasteiger partial charge in [0.1, 0.15) is 0 Å². The molecule has 0 bridgehead atoms. The van der Waals surface area contributed by atoms with Crippen LogP contribution in [0.5, 0.6) is 0 Å². The third-order valence-electron chi connectivity index (χ3n) is 6.11. The third kappa shape index (κ3) is 2.52. The average Bonchev–Trinajstić information content (AvgIpc) is 2.49. The van der Waals surface area contributed by atoms with Crippen molar-refractivity contribution < 1.29 is 14.3 Å². The Morgan fingerprint density at radius 1 is 1.00 bits per heavy atom. The molecule has 3 nitrogen and oxygen atoms in total. The van der Waals surface area contributed by atoms with E-state index in [4.69, 9.17) is 9.47 Å². The summed E-state index contributed by atoms with van der Waals surface area (Å²) < 4.78 is 12.0. The predicted octanol–water partition coefficient (Wildman–Crippen LogP) is 4.09. The molecule has 3 atom stereocenters. The standard InChI is InChI=1S/C18H30O3/c1-13-9-10-15-17(2,3)21-18(15,16(19)20-12-11-13)14-7-5-4-6-8-14/h13-15H,4-12H2,1-3H3/t13-,15+,18-/m0/s1. The number of carbonyl (C=O) groups excluding carboxylic acids is 1. The van der Waals surface area contributed by atoms with Crippen LogP contribution in [0.25, 0.3) is 0 Å². The number of hydrogen-bond acceptors (Lipinski definition) is 3. The topological polar surface area (TPSA) is 35.5 Å². The van der Waals surface area contributed by atoms with Crippen LogP contribution in [0, 0.1) is 17.8 Å². The van der Waals surface area contributed by atoms with E-state index in [2.05, 4.69) is 20.8 Å². The van der Waals surface area contributed by atoms with Crippen molar-refractivity contribution in [2.24, 2.45) is 17.8 Å². The lowest BCUT2D eigenvalue weighted by Gasteiger charge is -2.61. The summed E-state index contributed by atoms with van der Waals surface area (Å²) in [5, 5.41) is 0. The molecule has 120 valence electrons. The highest BCUT2D eigenvalue weighted by atomic mass is 16.6. The molecular weight excluding hydrogens is 264 g/mol. The fraction of sp³-hybridized carbons (Fsp3) is 0.944. The Kier molecular flexibility index (Phi) is 4.06. The van der Waals surface area contributed by atoms with Crippen LogP contribution < -0.4 is 0 Å². The lowest BCUT2D eigenvalue weighted by atomic mass is 9.59. The van der Waals surface area contributed by atoms with E-state index in [9.17, 15) is 4.79 Å². The van der Waals surface area contributed by atoms with Gasteiger partial charge in [-0.05, 0) is 51.4 Å². The van der Waals surface area contributed by atoms with E-state index < -0.39 is 5.60 Å². The molecule has 1 saturated carbocycles. The van der Waals surface area contributed by atoms with Crippen molar-refractivity contribution in [2.45, 2.75) is 83.3 Å². The molecule has 1 aliphatic carbocycles. The molecule has 3 fully saturated rings. The molecule has 0 aromatic carbocycles. The zero-order valence-electron chi connectivity index (χ0n) is 13.8. The second kappa shape index (κ2) is 5.57. The molecule has 0 unspecified atom stereocenters. The number of cyclic esters (lactones) is 1. The molecule has 3 rings (SSSR count). The van der Waals surface area contributed by atoms with E-state index >= 15 is 0 Å². The maximum absolute atomic E-state index is 12.8. The number of ether oxygens (including phenoxy) is 2. The van der Waals surface area contributed by atoms with Crippen LogP contribution in [0.4, 0.5) is 0 Å². The van der Waals surface area contributed by atoms with Gasteiger partial charge in [-0.15, -0.1) is 0 Å². The van der Waals surface area contributed by atoms with E-state index in [-0.39, 0.29) is 11.6 Å². The fourth-order valence-corrected chi connectivity index (χ4v) is 4.91. The first-order valence-corrected chi connectivity index (χ1v) is 8.84. The van der Waals surface area contributed by atoms with E-state index in [0.29, 0.717) is 24.4 Å². The van der Waals surface area contributed by atoms with Crippen LogP contribution >= 0.6 is 0 Å². The van der Waals surface area contributed by atoms with Gasteiger partial charge in [-0.2, -0.15) is 0 Å². The molecule has 21 heavy (non-hydrogen) atoms. The van der Waals surface area contributed by atoms with Gasteiger partial charge in [0.25, 0.3) is 0 Å². The largest absolute Gasteiger partial charge is 0.464 e. The zero-order chi connectivity index (χ0) is 15.1. The maximum Gasteiger partial charge on any atom is 0.339 e. The van der Waals surface area contributed by atoms with Crippen LogP contribution in [0.15, 0.2) is 0 Å². The summed E-state index contributed by atoms with van der Waals surface area (Å²) in [5.41, 5.74) is -0.811. The van der Waals surface area contributed by atoms with Crippen molar-refractivity contribution in [1.82, 2.24) is 0 Å². The summed E-state index contributed by atoms with van der Waals surface area (Å²) in [5.74, 6) is 1.26. The minimum Gasteiger partial charge on any atom is -0.464 e. The number of rotatable bonds is 1. The number of hydrogen-bond donors (Lipinski definition) is 0. The van der Waals surface area contributed by atoms with E-state index in [1.165, 1.54) is 25.7 Å². The van der Waals surface area contributed by atoms with Crippen molar-refractivity contribution in [1.29, 1.82) is 0 Å². The van der Waals surface area contributed by atoms with Crippen LogP contribution in [-0.2, 0) is 14.3 Å². The maximum atomic E-state index is 12.8. The van der Waals surface area contributed by atoms with Gasteiger partial charge in [0, 0.05) is 5.92 Å². The van der Waals surface area contributed by atoms with Gasteiger partial charge >= 0.3 is 5.97 Å². The molecule has 0 N–H and O–H groups in total. The molecule has 0 aromatic heterocycles. The summed E-state index contributed by atoms with van der Waals surface area (Å²) >= 11 is 0. The number of esters is 1. The lowest BCUT2D eigenvalue weighted by Crippen LogP contribution is -2.73. The lowest BCUT2D eigenvalue weighted by molar-refractivity contribution is -0.327. The summed E-state index contributed by atoms with van der Waals surface area (Å²) in [6, 6.07) is 0. The van der Waals surface area contributed by atoms with Gasteiger partial charge in [0.15, 0.2) is 5.60 Å². The smallest absolute Gasteiger partial charge is 0.339 e. The molecule has 3 heteroatoms. The Hall–Kier alpha value is -0.570. The van der Waals surface area contributed by atoms with Gasteiger partial charge in [0.2, 0.25) is 0 Å². The van der Waals surface area contributed by atoms with Crippen molar-refractivity contribution in [3.8, 4) is 0 Å². The molecule has 3 aliphatic rings. The van der Waals surface area contributed by atoms with Crippen molar-refractivity contribution in [3.05, 3.63) is 0 Å². The van der Waals surface area contributed by atoms with E-state index in [0.717, 1.165) is 25.7 Å². The van der Waals surface area contributed by atoms with Crippen LogP contribution in [-0.4, -0.2) is 23.8 Å². The molecule has 0 radical (unpaired) electrons. The zero-order valence-corrected chi connectivity index (χ0v) is 13.8. The van der Waals surface area contributed by atoms with Crippen molar-refractivity contribution in [2.75, 3.05) is 6.61 Å². The molecular formula is C18H30O3. The quantitative estimate of drug-likeness (QED) is 0.683. The Morgan fingerprint density at radius 3 is 2.38 bits per heavy atom. The second-order valence-electron chi connectivity index (χ2n) is 7.99. The van der Waals surface area contributed by atoms with Gasteiger partial charge in [0.05, 0.1) is 12.2 Å². The Morgan fingerprint density at radius 2 is 1.71 bits per heavy atom. The fourth-order valence-electron chi connectivity index (χ4n) is 4.91. The van der Waals surface area contributed by atoms with Crippen molar-refractivity contribution in [3.63, 3.8) is 0 Å². The first-order chi connectivity index (χ1) is 9.97. The third-order valence-corrected chi connectivity index (χ3v) is 6.11. The van der Waals surface area contributed by atoms with Crippen molar-refractivity contribution >= 4 is 5.97 Å². The Balaban J connectivity index is 1.90. The second-order valence-corrected chi connectivity index (χ2v) is 7.99. The highest BCUT2D eigenvalue weighted by Crippen LogP contribution is 2.57. The average molecular weight is 294 g/mol. The minimum absolute atomic E-state index is 0.0622. The molecule has 2 saturated heterocycles. The number of carbonyl (C=O) groups is 1. The molecule has 0 aromatic rings. The van der Waals surface area contributed by atoms with Gasteiger partial charge in [-0.25, -0.2) is 4.79 Å². The summed E-state index contributed by atoms with van der Waals surface area (Å²) in [6.45, 7) is 7.13. The van der Waals surface area contributed by atoms with Crippen LogP contribution in [0.1, 0.15) is 72.1 Å². The first-order valence-electron chi connectivity index (χ1n) is 8.84. The summed E-state index contributed by atoms with van der Waals surface area (Å²) in [6.07, 6.45) is 9.27. The van der Waals surface area contributed by atoms with Gasteiger partial charge < -0.3 is 9.47 Å². The summed E-state index contributed by atoms with van der Waals surface area (Å²) in [4.78, 5) is 12.8. The van der Waals surface area contributed by atoms with E-state index in [1.54, 1.807) is 0 Å². The summed E-state index contributed by atoms with van der Waals surface area (Å²) in [7, 11) is 0. The molecule has 0 amide bonds. The SMILES string of the molecule is C[C@@H]1CCOC(=O)[C@@]2(C3CCCCC3)OC(C)(C)[C@H]2CC1. The van der Waals surface area contributed by atoms with Gasteiger partial charge in [-0.1, -0.05) is 32.6 Å². The normalized spacial score (nSPS) is 41.0. The van der Waals surface area contributed by atoms with Crippen LogP contribution in [0.2, 0.25) is 0 Å². The highest BCUT2D eigenvalue weighted by Gasteiger charge is 2.68. The van der Waals surface area contributed by atoms with Gasteiger partial charge in [-0.3, -0.25) is 0 Å². The number of fused-ring (bicyclic) bond motifs is 1. The highest BCUT2D eigenvalue weighted by molar-refractivity contribution is 5.82. The Labute approximate surface area is 128 Å². The monoisotopic (exact) mass is 294 g/mol. The first kappa shape index (κ1) is 15.3. The molecule has 0 spiro atoms. The predicted molar refractivity (Wildman–Crippen MR) is 81.9 cm³/mol.